The number of aromatic amines is 1. The summed E-state index contributed by atoms with van der Waals surface area (Å²) in [6, 6.07) is 6.12. The Morgan fingerprint density at radius 2 is 2.00 bits per heavy atom. The van der Waals surface area contributed by atoms with Crippen molar-refractivity contribution < 1.29 is 0 Å². The topological polar surface area (TPSA) is 54.7 Å². The Morgan fingerprint density at radius 1 is 1.29 bits per heavy atom. The molecule has 0 saturated heterocycles. The van der Waals surface area contributed by atoms with E-state index in [1.807, 2.05) is 12.1 Å². The molecule has 0 bridgehead atoms. The van der Waals surface area contributed by atoms with Crippen LogP contribution >= 0.6 is 0 Å². The van der Waals surface area contributed by atoms with Gasteiger partial charge >= 0.3 is 0 Å². The van der Waals surface area contributed by atoms with E-state index in [9.17, 15) is 0 Å². The van der Waals surface area contributed by atoms with Gasteiger partial charge in [0.1, 0.15) is 0 Å². The number of nitrogens with zero attached hydrogens (tertiary/aromatic N) is 1. The molecule has 0 radical (unpaired) electrons. The lowest BCUT2D eigenvalue weighted by Gasteiger charge is -2.19. The Balaban J connectivity index is 2.79. The average Bonchev–Trinajstić information content (AvgIpc) is 2.46. The van der Waals surface area contributed by atoms with Crippen molar-refractivity contribution in [3.8, 4) is 0 Å². The van der Waals surface area contributed by atoms with Crippen molar-refractivity contribution in [3.05, 3.63) is 23.8 Å². The highest BCUT2D eigenvalue weighted by Gasteiger charge is 2.18. The van der Waals surface area contributed by atoms with Gasteiger partial charge in [0.05, 0.1) is 5.52 Å². The summed E-state index contributed by atoms with van der Waals surface area (Å²) >= 11 is 0. The maximum Gasteiger partial charge on any atom is 0.153 e. The Kier molecular flexibility index (Phi) is 1.77. The molecule has 0 aliphatic rings. The molecule has 0 atom stereocenters. The highest BCUT2D eigenvalue weighted by atomic mass is 15.2. The molecule has 74 valence electrons. The van der Waals surface area contributed by atoms with E-state index in [1.54, 1.807) is 0 Å². The van der Waals surface area contributed by atoms with Crippen molar-refractivity contribution in [3.63, 3.8) is 0 Å². The van der Waals surface area contributed by atoms with Gasteiger partial charge in [0, 0.05) is 5.39 Å². The van der Waals surface area contributed by atoms with E-state index in [2.05, 4.69) is 37.0 Å². The predicted octanol–water partition coefficient (Wildman–Crippen LogP) is 2.44. The van der Waals surface area contributed by atoms with Crippen molar-refractivity contribution in [1.82, 2.24) is 10.2 Å². The maximum absolute atomic E-state index is 5.75. The molecule has 3 nitrogen and oxygen atoms in total. The molecule has 0 unspecified atom stereocenters. The standard InChI is InChI=1S/C11H15N3/c1-11(2,3)8-6-4-5-7-9(8)13-14-10(7)12/h4-6H,1-3H3,(H3,12,13,14). The summed E-state index contributed by atoms with van der Waals surface area (Å²) in [5.74, 6) is 0.575. The third-order valence-corrected chi connectivity index (χ3v) is 2.44. The number of nitrogens with one attached hydrogen (secondary N) is 1. The molecule has 0 aliphatic carbocycles. The van der Waals surface area contributed by atoms with Gasteiger partial charge in [-0.25, -0.2) is 0 Å². The number of benzene rings is 1. The third kappa shape index (κ3) is 1.25. The molecule has 3 N–H and O–H groups in total. The van der Waals surface area contributed by atoms with Gasteiger partial charge < -0.3 is 5.73 Å². The van der Waals surface area contributed by atoms with Crippen LogP contribution in [0, 0.1) is 0 Å². The SMILES string of the molecule is CC(C)(C)c1cccc2c(N)n[nH]c12. The van der Waals surface area contributed by atoms with E-state index in [0.717, 1.165) is 10.9 Å². The number of fused-ring (bicyclic) bond motifs is 1. The quantitative estimate of drug-likeness (QED) is 0.668. The van der Waals surface area contributed by atoms with Gasteiger partial charge in [-0.05, 0) is 17.0 Å². The lowest BCUT2D eigenvalue weighted by Crippen LogP contribution is -2.11. The van der Waals surface area contributed by atoms with Gasteiger partial charge in [-0.3, -0.25) is 5.10 Å². The zero-order valence-corrected chi connectivity index (χ0v) is 8.76. The summed E-state index contributed by atoms with van der Waals surface area (Å²) in [6.07, 6.45) is 0. The number of anilines is 1. The van der Waals surface area contributed by atoms with Crippen LogP contribution in [-0.4, -0.2) is 10.2 Å². The molecule has 0 fully saturated rings. The molecular weight excluding hydrogens is 174 g/mol. The first-order chi connectivity index (χ1) is 6.50. The van der Waals surface area contributed by atoms with E-state index in [-0.39, 0.29) is 5.41 Å². The lowest BCUT2D eigenvalue weighted by atomic mass is 9.86. The van der Waals surface area contributed by atoms with Crippen LogP contribution in [0.3, 0.4) is 0 Å². The van der Waals surface area contributed by atoms with Crippen molar-refractivity contribution in [2.24, 2.45) is 0 Å². The number of nitrogens with two attached hydrogens (primary N) is 1. The van der Waals surface area contributed by atoms with Gasteiger partial charge in [0.25, 0.3) is 0 Å². The van der Waals surface area contributed by atoms with Crippen LogP contribution in [0.2, 0.25) is 0 Å². The van der Waals surface area contributed by atoms with Crippen LogP contribution in [0.5, 0.6) is 0 Å². The van der Waals surface area contributed by atoms with Gasteiger partial charge in [0.15, 0.2) is 5.82 Å². The summed E-state index contributed by atoms with van der Waals surface area (Å²) in [6.45, 7) is 6.54. The summed E-state index contributed by atoms with van der Waals surface area (Å²) in [4.78, 5) is 0. The fraction of sp³-hybridized carbons (Fsp3) is 0.364. The Labute approximate surface area is 83.3 Å². The number of para-hydroxylation sites is 1. The maximum atomic E-state index is 5.75. The summed E-state index contributed by atoms with van der Waals surface area (Å²) in [5.41, 5.74) is 8.16. The Hall–Kier alpha value is -1.51. The zero-order valence-electron chi connectivity index (χ0n) is 8.76. The molecule has 1 aromatic heterocycles. The van der Waals surface area contributed by atoms with Crippen LogP contribution < -0.4 is 5.73 Å². The van der Waals surface area contributed by atoms with Crippen LogP contribution in [0.15, 0.2) is 18.2 Å². The molecule has 0 amide bonds. The molecule has 0 spiro atoms. The second kappa shape index (κ2) is 2.74. The minimum Gasteiger partial charge on any atom is -0.382 e. The first kappa shape index (κ1) is 9.06. The first-order valence-electron chi connectivity index (χ1n) is 4.73. The minimum atomic E-state index is 0.110. The predicted molar refractivity (Wildman–Crippen MR) is 59.2 cm³/mol. The van der Waals surface area contributed by atoms with E-state index in [1.165, 1.54) is 5.56 Å². The van der Waals surface area contributed by atoms with Crippen molar-refractivity contribution >= 4 is 16.7 Å². The zero-order chi connectivity index (χ0) is 10.3. The van der Waals surface area contributed by atoms with E-state index < -0.39 is 0 Å². The first-order valence-corrected chi connectivity index (χ1v) is 4.73. The molecular formula is C11H15N3. The molecule has 0 saturated carbocycles. The smallest absolute Gasteiger partial charge is 0.153 e. The average molecular weight is 189 g/mol. The lowest BCUT2D eigenvalue weighted by molar-refractivity contribution is 0.594. The number of H-pyrrole nitrogens is 1. The van der Waals surface area contributed by atoms with Gasteiger partial charge in [-0.2, -0.15) is 5.10 Å². The van der Waals surface area contributed by atoms with Crippen LogP contribution in [-0.2, 0) is 5.41 Å². The van der Waals surface area contributed by atoms with E-state index in [4.69, 9.17) is 5.73 Å². The highest BCUT2D eigenvalue weighted by Crippen LogP contribution is 2.30. The summed E-state index contributed by atoms with van der Waals surface area (Å²) < 4.78 is 0. The summed E-state index contributed by atoms with van der Waals surface area (Å²) in [5, 5.41) is 8.02. The second-order valence-corrected chi connectivity index (χ2v) is 4.59. The van der Waals surface area contributed by atoms with Crippen molar-refractivity contribution in [1.29, 1.82) is 0 Å². The van der Waals surface area contributed by atoms with E-state index >= 15 is 0 Å². The molecule has 14 heavy (non-hydrogen) atoms. The molecule has 1 aromatic carbocycles. The fourth-order valence-corrected chi connectivity index (χ4v) is 1.69. The van der Waals surface area contributed by atoms with E-state index in [0.29, 0.717) is 5.82 Å². The van der Waals surface area contributed by atoms with Gasteiger partial charge in [0.2, 0.25) is 0 Å². The summed E-state index contributed by atoms with van der Waals surface area (Å²) in [7, 11) is 0. The normalized spacial score (nSPS) is 12.2. The monoisotopic (exact) mass is 189 g/mol. The van der Waals surface area contributed by atoms with Gasteiger partial charge in [-0.15, -0.1) is 0 Å². The largest absolute Gasteiger partial charge is 0.382 e. The van der Waals surface area contributed by atoms with Crippen molar-refractivity contribution in [2.45, 2.75) is 26.2 Å². The molecule has 2 aromatic rings. The van der Waals surface area contributed by atoms with Crippen LogP contribution in [0.1, 0.15) is 26.3 Å². The Bertz CT molecular complexity index is 463. The second-order valence-electron chi connectivity index (χ2n) is 4.59. The fourth-order valence-electron chi connectivity index (χ4n) is 1.69. The molecule has 3 heteroatoms. The third-order valence-electron chi connectivity index (χ3n) is 2.44. The number of hydrogen-bond acceptors (Lipinski definition) is 2. The molecule has 0 aliphatic heterocycles. The minimum absolute atomic E-state index is 0.110. The van der Waals surface area contributed by atoms with Gasteiger partial charge in [-0.1, -0.05) is 32.9 Å². The number of hydrogen-bond donors (Lipinski definition) is 2. The number of rotatable bonds is 0. The van der Waals surface area contributed by atoms with Crippen LogP contribution in [0.25, 0.3) is 10.9 Å². The number of nitrogen functional groups attached to an aromatic ring is 1. The number of aromatic nitrogens is 2. The van der Waals surface area contributed by atoms with Crippen LogP contribution in [0.4, 0.5) is 5.82 Å². The molecule has 1 heterocycles. The molecule has 2 rings (SSSR count). The van der Waals surface area contributed by atoms with Crippen molar-refractivity contribution in [2.75, 3.05) is 5.73 Å². The highest BCUT2D eigenvalue weighted by molar-refractivity contribution is 5.91. The Morgan fingerprint density at radius 3 is 2.64 bits per heavy atom.